The Morgan fingerprint density at radius 3 is 1.38 bits per heavy atom. The summed E-state index contributed by atoms with van der Waals surface area (Å²) in [6.45, 7) is -0.127. The smallest absolute Gasteiger partial charge is 0.338 e. The van der Waals surface area contributed by atoms with Crippen molar-refractivity contribution in [3.8, 4) is 0 Å². The van der Waals surface area contributed by atoms with Crippen LogP contribution in [-0.4, -0.2) is 129 Å². The SMILES string of the molecule is COC(=O)C1=C(CN2[C@@H]3C[C@@H](CC(=O)O)C[C@H]2C(F)(F)C3)NC(c2nccs2)=N[C@H]1c1ccc(Cl)c(F)c1.COC(=O)C1=C(CN2[C@H]3C[C@H](CC(=O)O)C[C@@H]2C(F)(F)C3)NC(c2nccs2)=N[C@H]1c1ccc(Cl)c(F)c1. The number of nitrogens with zero attached hydrogens (tertiary/aromatic N) is 6. The summed E-state index contributed by atoms with van der Waals surface area (Å²) in [7, 11) is 2.39. The van der Waals surface area contributed by atoms with Crippen molar-refractivity contribution in [2.24, 2.45) is 21.8 Å². The fourth-order valence-electron chi connectivity index (χ4n) is 11.3. The molecule has 16 nitrogen and oxygen atoms in total. The molecule has 404 valence electrons. The number of carbonyl (C=O) groups is 4. The molecule has 0 unspecified atom stereocenters. The molecule has 8 atom stereocenters. The number of carboxylic acid groups (broad SMARTS) is 2. The number of methoxy groups -OCH3 is 2. The summed E-state index contributed by atoms with van der Waals surface area (Å²) in [5.74, 6) is -11.0. The number of carboxylic acids is 2. The molecule has 0 amide bonds. The molecule has 8 heterocycles. The first kappa shape index (κ1) is 54.9. The van der Waals surface area contributed by atoms with E-state index in [0.717, 1.165) is 0 Å². The number of alkyl halides is 4. The fourth-order valence-corrected chi connectivity index (χ4v) is 12.7. The van der Waals surface area contributed by atoms with E-state index >= 15 is 17.6 Å². The molecule has 0 saturated carbocycles. The highest BCUT2D eigenvalue weighted by atomic mass is 35.5. The number of hydrogen-bond acceptors (Lipinski definition) is 16. The Labute approximate surface area is 448 Å². The molecule has 0 spiro atoms. The Morgan fingerprint density at radius 1 is 0.671 bits per heavy atom. The molecular formula is C50H48Cl2F6N8O8S2. The van der Waals surface area contributed by atoms with Crippen LogP contribution in [0.25, 0.3) is 0 Å². The number of carbonyl (C=O) groups excluding carboxylic acids is 2. The van der Waals surface area contributed by atoms with Gasteiger partial charge >= 0.3 is 23.9 Å². The Balaban J connectivity index is 0.000000186. The van der Waals surface area contributed by atoms with E-state index in [0.29, 0.717) is 57.0 Å². The topological polar surface area (TPSA) is 208 Å². The molecule has 0 aliphatic carbocycles. The zero-order chi connectivity index (χ0) is 54.4. The molecule has 10 rings (SSSR count). The highest BCUT2D eigenvalue weighted by Gasteiger charge is 2.59. The van der Waals surface area contributed by atoms with Gasteiger partial charge in [0.15, 0.2) is 21.7 Å². The van der Waals surface area contributed by atoms with Gasteiger partial charge in [-0.25, -0.2) is 45.9 Å². The van der Waals surface area contributed by atoms with Crippen molar-refractivity contribution in [3.05, 3.63) is 125 Å². The number of halogens is 8. The summed E-state index contributed by atoms with van der Waals surface area (Å²) in [6.07, 6.45) is 2.68. The number of rotatable bonds is 14. The molecule has 4 aromatic rings. The van der Waals surface area contributed by atoms with E-state index < -0.39 is 96.4 Å². The Kier molecular flexibility index (Phi) is 16.0. The van der Waals surface area contributed by atoms with Crippen LogP contribution >= 0.6 is 45.9 Å². The van der Waals surface area contributed by atoms with Crippen LogP contribution in [0.5, 0.6) is 0 Å². The van der Waals surface area contributed by atoms with Crippen molar-refractivity contribution in [3.63, 3.8) is 0 Å². The second-order valence-corrected chi connectivity index (χ2v) is 21.9. The zero-order valence-corrected chi connectivity index (χ0v) is 43.5. The van der Waals surface area contributed by atoms with Gasteiger partial charge in [0, 0.05) is 85.4 Å². The van der Waals surface area contributed by atoms with E-state index in [1.54, 1.807) is 45.1 Å². The summed E-state index contributed by atoms with van der Waals surface area (Å²) in [5, 5.41) is 28.9. The number of nitrogens with one attached hydrogen (secondary N) is 2. The molecule has 26 heteroatoms. The van der Waals surface area contributed by atoms with E-state index in [1.807, 2.05) is 0 Å². The second-order valence-electron chi connectivity index (χ2n) is 19.3. The third-order valence-corrected chi connectivity index (χ3v) is 16.7. The molecule has 2 aromatic carbocycles. The number of fused-ring (bicyclic) bond motifs is 4. The molecule has 4 fully saturated rings. The maximum atomic E-state index is 15.1. The van der Waals surface area contributed by atoms with Crippen molar-refractivity contribution in [1.82, 2.24) is 30.4 Å². The van der Waals surface area contributed by atoms with E-state index in [1.165, 1.54) is 61.2 Å². The van der Waals surface area contributed by atoms with Crippen molar-refractivity contribution < 1.29 is 65.2 Å². The van der Waals surface area contributed by atoms with Gasteiger partial charge in [-0.15, -0.1) is 22.7 Å². The van der Waals surface area contributed by atoms with Crippen LogP contribution in [-0.2, 0) is 28.7 Å². The lowest BCUT2D eigenvalue weighted by molar-refractivity contribution is -0.140. The molecule has 4 N–H and O–H groups in total. The molecule has 4 bridgehead atoms. The summed E-state index contributed by atoms with van der Waals surface area (Å²) in [4.78, 5) is 69.7. The third-order valence-electron chi connectivity index (χ3n) is 14.5. The van der Waals surface area contributed by atoms with E-state index in [-0.39, 0.29) is 71.8 Å². The molecule has 6 aliphatic heterocycles. The van der Waals surface area contributed by atoms with Crippen molar-refractivity contribution in [2.45, 2.75) is 99.5 Å². The minimum atomic E-state index is -3.01. The molecule has 4 saturated heterocycles. The van der Waals surface area contributed by atoms with Crippen LogP contribution in [0.15, 0.2) is 92.1 Å². The highest BCUT2D eigenvalue weighted by molar-refractivity contribution is 7.12. The minimum Gasteiger partial charge on any atom is -0.481 e. The van der Waals surface area contributed by atoms with Gasteiger partial charge in [-0.1, -0.05) is 35.3 Å². The number of aliphatic carboxylic acids is 2. The summed E-state index contributed by atoms with van der Waals surface area (Å²) in [5.41, 5.74) is 1.36. The number of ether oxygens (including phenoxy) is 2. The maximum absolute atomic E-state index is 15.1. The summed E-state index contributed by atoms with van der Waals surface area (Å²) >= 11 is 14.3. The van der Waals surface area contributed by atoms with Gasteiger partial charge in [0.2, 0.25) is 0 Å². The number of thiazole rings is 2. The van der Waals surface area contributed by atoms with E-state index in [9.17, 15) is 38.2 Å². The zero-order valence-electron chi connectivity index (χ0n) is 40.3. The number of piperidine rings is 2. The normalized spacial score (nSPS) is 26.6. The predicted octanol–water partition coefficient (Wildman–Crippen LogP) is 8.83. The van der Waals surface area contributed by atoms with E-state index in [2.05, 4.69) is 30.6 Å². The number of hydrogen-bond donors (Lipinski definition) is 4. The Bertz CT molecular complexity index is 2840. The van der Waals surface area contributed by atoms with E-state index in [4.69, 9.17) is 32.7 Å². The van der Waals surface area contributed by atoms with Gasteiger partial charge in [0.05, 0.1) is 47.5 Å². The number of aliphatic imine (C=N–C) groups is 2. The Morgan fingerprint density at radius 2 is 1.07 bits per heavy atom. The van der Waals surface area contributed by atoms with Crippen LogP contribution in [0.1, 0.15) is 84.6 Å². The van der Waals surface area contributed by atoms with Gasteiger partial charge in [-0.2, -0.15) is 0 Å². The number of amidine groups is 2. The number of benzene rings is 2. The first-order chi connectivity index (χ1) is 36.1. The third kappa shape index (κ3) is 11.4. The Hall–Kier alpha value is -5.92. The van der Waals surface area contributed by atoms with Gasteiger partial charge in [-0.05, 0) is 72.9 Å². The summed E-state index contributed by atoms with van der Waals surface area (Å²) in [6, 6.07) is 2.61. The highest BCUT2D eigenvalue weighted by Crippen LogP contribution is 2.51. The quantitative estimate of drug-likeness (QED) is 0.0688. The first-order valence-corrected chi connectivity index (χ1v) is 26.4. The van der Waals surface area contributed by atoms with Crippen LogP contribution in [0, 0.1) is 23.5 Å². The lowest BCUT2D eigenvalue weighted by Crippen LogP contribution is -2.50. The number of aromatic nitrogens is 2. The maximum Gasteiger partial charge on any atom is 0.338 e. The van der Waals surface area contributed by atoms with Crippen molar-refractivity contribution in [2.75, 3.05) is 27.3 Å². The predicted molar refractivity (Wildman–Crippen MR) is 268 cm³/mol. The van der Waals surface area contributed by atoms with Gasteiger partial charge in [-0.3, -0.25) is 29.4 Å². The summed E-state index contributed by atoms with van der Waals surface area (Å²) < 4.78 is 99.2. The van der Waals surface area contributed by atoms with Crippen LogP contribution < -0.4 is 10.6 Å². The average molecular weight is 1140 g/mol. The second kappa shape index (κ2) is 22.2. The molecule has 0 radical (unpaired) electrons. The molecule has 6 aliphatic rings. The average Bonchev–Trinajstić information content (AvgIpc) is 4.24. The largest absolute Gasteiger partial charge is 0.481 e. The van der Waals surface area contributed by atoms with Gasteiger partial charge < -0.3 is 30.3 Å². The first-order valence-electron chi connectivity index (χ1n) is 23.9. The molecular weight excluding hydrogens is 1090 g/mol. The fraction of sp³-hybridized carbons (Fsp3) is 0.440. The lowest BCUT2D eigenvalue weighted by atomic mass is 9.87. The standard InChI is InChI=1S/2C25H24ClF3N4O4S/c2*1-37-24(36)20-17(11-33-14-6-12(8-19(34)35)7-18(33)25(28,29)10-14)31-22(23-30-4-5-38-23)32-21(20)13-2-3-15(26)16(27)9-13/h2*2-5,9,12,14,18,21H,6-8,10-11H2,1H3,(H,31,32)(H,34,35)/t12-,14-,18+,21+;12-,14-,18+,21-/m10/s1. The molecule has 2 aromatic heterocycles. The molecule has 76 heavy (non-hydrogen) atoms. The van der Waals surface area contributed by atoms with Gasteiger partial charge in [0.1, 0.15) is 23.7 Å². The minimum absolute atomic E-state index is 0.0237. The lowest BCUT2D eigenvalue weighted by Gasteiger charge is -2.40. The number of esters is 2. The van der Waals surface area contributed by atoms with Crippen molar-refractivity contribution in [1.29, 1.82) is 0 Å². The monoisotopic (exact) mass is 1140 g/mol. The van der Waals surface area contributed by atoms with Crippen molar-refractivity contribution >= 4 is 81.4 Å². The van der Waals surface area contributed by atoms with Gasteiger partial charge in [0.25, 0.3) is 11.8 Å². The van der Waals surface area contributed by atoms with Crippen LogP contribution in [0.2, 0.25) is 10.0 Å². The van der Waals surface area contributed by atoms with Crippen LogP contribution in [0.3, 0.4) is 0 Å². The van der Waals surface area contributed by atoms with Crippen LogP contribution in [0.4, 0.5) is 26.3 Å².